The number of carbonyl (C=O) groups excluding carboxylic acids is 1. The molecule has 2 aliphatic rings. The molecule has 0 bridgehead atoms. The Morgan fingerprint density at radius 1 is 1.50 bits per heavy atom. The van der Waals surface area contributed by atoms with Crippen molar-refractivity contribution in [2.45, 2.75) is 38.5 Å². The lowest BCUT2D eigenvalue weighted by molar-refractivity contribution is -0.148. The van der Waals surface area contributed by atoms with Crippen LogP contribution in [0.4, 0.5) is 0 Å². The fraction of sp³-hybridized carbons (Fsp3) is 0.692. The zero-order valence-electron chi connectivity index (χ0n) is 11.4. The van der Waals surface area contributed by atoms with Gasteiger partial charge in [-0.25, -0.2) is 4.98 Å². The number of carboxylic acids is 1. The van der Waals surface area contributed by atoms with Crippen LogP contribution < -0.4 is 0 Å². The van der Waals surface area contributed by atoms with Gasteiger partial charge in [0.05, 0.1) is 5.41 Å². The minimum atomic E-state index is -0.830. The van der Waals surface area contributed by atoms with Gasteiger partial charge in [-0.1, -0.05) is 6.92 Å². The molecular formula is C13H18N4O3. The molecule has 1 aromatic heterocycles. The Balaban J connectivity index is 1.73. The molecule has 2 heterocycles. The Kier molecular flexibility index (Phi) is 2.99. The predicted octanol–water partition coefficient (Wildman–Crippen LogP) is 1.01. The van der Waals surface area contributed by atoms with Crippen molar-refractivity contribution in [3.05, 3.63) is 11.6 Å². The fourth-order valence-corrected chi connectivity index (χ4v) is 2.71. The minimum absolute atomic E-state index is 0.157. The minimum Gasteiger partial charge on any atom is -0.481 e. The Hall–Kier alpha value is -1.92. The van der Waals surface area contributed by atoms with Crippen molar-refractivity contribution in [3.8, 4) is 0 Å². The van der Waals surface area contributed by atoms with Crippen molar-refractivity contribution in [1.29, 1.82) is 0 Å². The van der Waals surface area contributed by atoms with Gasteiger partial charge in [-0.15, -0.1) is 5.10 Å². The molecule has 2 fully saturated rings. The lowest BCUT2D eigenvalue weighted by atomic mass is 9.84. The van der Waals surface area contributed by atoms with Gasteiger partial charge in [-0.05, 0) is 25.7 Å². The van der Waals surface area contributed by atoms with Crippen molar-refractivity contribution in [3.63, 3.8) is 0 Å². The van der Waals surface area contributed by atoms with Crippen molar-refractivity contribution < 1.29 is 14.7 Å². The van der Waals surface area contributed by atoms with E-state index >= 15 is 0 Å². The molecular weight excluding hydrogens is 260 g/mol. The molecule has 3 rings (SSSR count). The number of aromatic nitrogens is 3. The lowest BCUT2D eigenvalue weighted by Crippen LogP contribution is -2.36. The van der Waals surface area contributed by atoms with Crippen LogP contribution in [0, 0.1) is 5.41 Å². The zero-order valence-corrected chi connectivity index (χ0v) is 11.4. The first-order valence-corrected chi connectivity index (χ1v) is 7.01. The molecule has 108 valence electrons. The van der Waals surface area contributed by atoms with E-state index in [0.717, 1.165) is 18.7 Å². The van der Waals surface area contributed by atoms with Crippen LogP contribution >= 0.6 is 0 Å². The van der Waals surface area contributed by atoms with Crippen LogP contribution in [0.5, 0.6) is 0 Å². The van der Waals surface area contributed by atoms with Gasteiger partial charge in [-0.3, -0.25) is 14.7 Å². The maximum atomic E-state index is 12.3. The van der Waals surface area contributed by atoms with E-state index < -0.39 is 11.4 Å². The maximum absolute atomic E-state index is 12.3. The van der Waals surface area contributed by atoms with Gasteiger partial charge >= 0.3 is 5.97 Å². The molecule has 1 aliphatic heterocycles. The first-order chi connectivity index (χ1) is 9.55. The van der Waals surface area contributed by atoms with Crippen molar-refractivity contribution in [2.24, 2.45) is 5.41 Å². The molecule has 1 unspecified atom stereocenters. The Labute approximate surface area is 116 Å². The van der Waals surface area contributed by atoms with Gasteiger partial charge in [0, 0.05) is 19.0 Å². The third-order valence-electron chi connectivity index (χ3n) is 4.43. The number of carboxylic acid groups (broad SMARTS) is 1. The van der Waals surface area contributed by atoms with E-state index in [1.165, 1.54) is 0 Å². The van der Waals surface area contributed by atoms with Gasteiger partial charge in [0.2, 0.25) is 5.82 Å². The molecule has 0 radical (unpaired) electrons. The smallest absolute Gasteiger partial charge is 0.311 e. The van der Waals surface area contributed by atoms with Crippen molar-refractivity contribution >= 4 is 11.9 Å². The van der Waals surface area contributed by atoms with Crippen molar-refractivity contribution in [1.82, 2.24) is 20.1 Å². The van der Waals surface area contributed by atoms with E-state index in [-0.39, 0.29) is 18.3 Å². The molecule has 0 spiro atoms. The summed E-state index contributed by atoms with van der Waals surface area (Å²) in [7, 11) is 0. The SMILES string of the molecule is CCC1(C(=O)O)CCN(C(=O)c2n[nH]c(C3CC3)n2)C1. The van der Waals surface area contributed by atoms with E-state index in [4.69, 9.17) is 0 Å². The lowest BCUT2D eigenvalue weighted by Gasteiger charge is -2.22. The van der Waals surface area contributed by atoms with Gasteiger partial charge in [0.1, 0.15) is 5.82 Å². The Morgan fingerprint density at radius 3 is 2.80 bits per heavy atom. The van der Waals surface area contributed by atoms with E-state index in [2.05, 4.69) is 15.2 Å². The Morgan fingerprint density at radius 2 is 2.25 bits per heavy atom. The monoisotopic (exact) mass is 278 g/mol. The highest BCUT2D eigenvalue weighted by Gasteiger charge is 2.45. The second kappa shape index (κ2) is 4.57. The number of hydrogen-bond donors (Lipinski definition) is 2. The predicted molar refractivity (Wildman–Crippen MR) is 69.2 cm³/mol. The zero-order chi connectivity index (χ0) is 14.3. The summed E-state index contributed by atoms with van der Waals surface area (Å²) in [6.45, 7) is 2.54. The number of hydrogen-bond acceptors (Lipinski definition) is 4. The van der Waals surface area contributed by atoms with Crippen LogP contribution in [0.1, 0.15) is 55.0 Å². The molecule has 1 atom stereocenters. The molecule has 20 heavy (non-hydrogen) atoms. The fourth-order valence-electron chi connectivity index (χ4n) is 2.71. The summed E-state index contributed by atoms with van der Waals surface area (Å²) in [4.78, 5) is 29.5. The molecule has 1 saturated carbocycles. The summed E-state index contributed by atoms with van der Waals surface area (Å²) < 4.78 is 0. The number of nitrogens with one attached hydrogen (secondary N) is 1. The van der Waals surface area contributed by atoms with Gasteiger partial charge in [0.25, 0.3) is 5.91 Å². The van der Waals surface area contributed by atoms with E-state index in [1.807, 2.05) is 6.92 Å². The summed E-state index contributed by atoms with van der Waals surface area (Å²) in [6, 6.07) is 0. The molecule has 1 aliphatic carbocycles. The molecule has 7 heteroatoms. The molecule has 7 nitrogen and oxygen atoms in total. The van der Waals surface area contributed by atoms with E-state index in [0.29, 0.717) is 25.3 Å². The number of H-pyrrole nitrogens is 1. The number of carbonyl (C=O) groups is 2. The number of aromatic amines is 1. The van der Waals surface area contributed by atoms with Crippen LogP contribution in [0.25, 0.3) is 0 Å². The number of nitrogens with zero attached hydrogens (tertiary/aromatic N) is 3. The quantitative estimate of drug-likeness (QED) is 0.856. The number of amides is 1. The van der Waals surface area contributed by atoms with Crippen molar-refractivity contribution in [2.75, 3.05) is 13.1 Å². The summed E-state index contributed by atoms with van der Waals surface area (Å²) in [5.41, 5.74) is -0.814. The summed E-state index contributed by atoms with van der Waals surface area (Å²) in [5, 5.41) is 16.1. The van der Waals surface area contributed by atoms with Crippen LogP contribution in [0.2, 0.25) is 0 Å². The molecule has 0 aromatic carbocycles. The molecule has 1 amide bonds. The third kappa shape index (κ3) is 2.07. The Bertz CT molecular complexity index is 552. The summed E-state index contributed by atoms with van der Waals surface area (Å²) in [6.07, 6.45) is 3.19. The molecule has 1 aromatic rings. The highest BCUT2D eigenvalue weighted by atomic mass is 16.4. The van der Waals surface area contributed by atoms with Crippen LogP contribution in [0.15, 0.2) is 0 Å². The van der Waals surface area contributed by atoms with Gasteiger partial charge in [-0.2, -0.15) is 0 Å². The van der Waals surface area contributed by atoms with Gasteiger partial charge in [0.15, 0.2) is 0 Å². The average molecular weight is 278 g/mol. The topological polar surface area (TPSA) is 99.2 Å². The average Bonchev–Trinajstić information content (AvgIpc) is 3.02. The largest absolute Gasteiger partial charge is 0.481 e. The van der Waals surface area contributed by atoms with Crippen LogP contribution in [0.3, 0.4) is 0 Å². The highest BCUT2D eigenvalue weighted by Crippen LogP contribution is 2.38. The van der Waals surface area contributed by atoms with Crippen LogP contribution in [-0.2, 0) is 4.79 Å². The second-order valence-electron chi connectivity index (χ2n) is 5.73. The van der Waals surface area contributed by atoms with Crippen LogP contribution in [-0.4, -0.2) is 50.2 Å². The normalized spacial score (nSPS) is 25.9. The number of likely N-dealkylation sites (tertiary alicyclic amines) is 1. The maximum Gasteiger partial charge on any atom is 0.311 e. The second-order valence-corrected chi connectivity index (χ2v) is 5.73. The van der Waals surface area contributed by atoms with E-state index in [9.17, 15) is 14.7 Å². The summed E-state index contributed by atoms with van der Waals surface area (Å²) >= 11 is 0. The number of aliphatic carboxylic acids is 1. The molecule has 2 N–H and O–H groups in total. The summed E-state index contributed by atoms with van der Waals surface area (Å²) in [5.74, 6) is 0.238. The highest BCUT2D eigenvalue weighted by molar-refractivity contribution is 5.91. The molecule has 1 saturated heterocycles. The van der Waals surface area contributed by atoms with Gasteiger partial charge < -0.3 is 10.0 Å². The first kappa shape index (κ1) is 13.1. The van der Waals surface area contributed by atoms with E-state index in [1.54, 1.807) is 4.90 Å². The number of rotatable bonds is 4. The standard InChI is InChI=1S/C13H18N4O3/c1-2-13(12(19)20)5-6-17(7-13)11(18)10-14-9(15-16-10)8-3-4-8/h8H,2-7H2,1H3,(H,19,20)(H,14,15,16). The third-order valence-corrected chi connectivity index (χ3v) is 4.43. The first-order valence-electron chi connectivity index (χ1n) is 7.01.